The van der Waals surface area contributed by atoms with E-state index >= 15 is 0 Å². The maximum atomic E-state index is 12.9. The minimum Gasteiger partial charge on any atom is -0.497 e. The molecule has 0 N–H and O–H groups in total. The Balaban J connectivity index is 1.62. The van der Waals surface area contributed by atoms with Crippen LogP contribution in [0, 0.1) is 0 Å². The number of amides is 1. The van der Waals surface area contributed by atoms with Crippen molar-refractivity contribution in [3.63, 3.8) is 0 Å². The first-order valence-electron chi connectivity index (χ1n) is 8.79. The van der Waals surface area contributed by atoms with E-state index in [9.17, 15) is 4.79 Å². The van der Waals surface area contributed by atoms with Gasteiger partial charge >= 0.3 is 0 Å². The van der Waals surface area contributed by atoms with Crippen LogP contribution >= 0.6 is 11.3 Å². The van der Waals surface area contributed by atoms with E-state index in [1.807, 2.05) is 30.3 Å². The van der Waals surface area contributed by atoms with Crippen LogP contribution in [0.5, 0.6) is 5.75 Å². The van der Waals surface area contributed by atoms with Gasteiger partial charge in [0, 0.05) is 30.6 Å². The molecule has 1 saturated heterocycles. The van der Waals surface area contributed by atoms with Crippen LogP contribution in [0.3, 0.4) is 0 Å². The molecule has 1 fully saturated rings. The highest BCUT2D eigenvalue weighted by Crippen LogP contribution is 2.21. The van der Waals surface area contributed by atoms with Crippen molar-refractivity contribution < 1.29 is 14.3 Å². The second-order valence-electron chi connectivity index (χ2n) is 6.29. The van der Waals surface area contributed by atoms with Gasteiger partial charge in [-0.1, -0.05) is 18.2 Å². The van der Waals surface area contributed by atoms with E-state index in [4.69, 9.17) is 9.47 Å². The molecule has 4 nitrogen and oxygen atoms in total. The summed E-state index contributed by atoms with van der Waals surface area (Å²) in [5.74, 6) is 1.08. The minimum absolute atomic E-state index is 0.233. The van der Waals surface area contributed by atoms with Crippen LogP contribution in [0.15, 0.2) is 41.8 Å². The molecule has 25 heavy (non-hydrogen) atoms. The number of carbonyl (C=O) groups excluding carboxylic acids is 1. The van der Waals surface area contributed by atoms with E-state index in [1.54, 1.807) is 18.4 Å². The summed E-state index contributed by atoms with van der Waals surface area (Å²) in [6.07, 6.45) is 3.15. The number of hydrogen-bond acceptors (Lipinski definition) is 4. The Morgan fingerprint density at radius 2 is 2.00 bits per heavy atom. The highest BCUT2D eigenvalue weighted by Gasteiger charge is 2.25. The molecule has 0 radical (unpaired) electrons. The Bertz CT molecular complexity index is 648. The minimum atomic E-state index is 0.233. The molecule has 5 heteroatoms. The smallest absolute Gasteiger partial charge is 0.223 e. The molecule has 3 rings (SSSR count). The zero-order chi connectivity index (χ0) is 17.5. The first kappa shape index (κ1) is 18.0. The molecule has 1 aliphatic rings. The van der Waals surface area contributed by atoms with Gasteiger partial charge < -0.3 is 14.4 Å². The summed E-state index contributed by atoms with van der Waals surface area (Å²) in [7, 11) is 1.66. The van der Waals surface area contributed by atoms with Gasteiger partial charge in [0.05, 0.1) is 13.7 Å². The number of aryl methyl sites for hydroxylation is 1. The summed E-state index contributed by atoms with van der Waals surface area (Å²) >= 11 is 1.71. The number of thiophene rings is 1. The zero-order valence-corrected chi connectivity index (χ0v) is 15.5. The number of methoxy groups -OCH3 is 1. The van der Waals surface area contributed by atoms with Crippen molar-refractivity contribution in [2.75, 3.05) is 20.3 Å². The van der Waals surface area contributed by atoms with Gasteiger partial charge in [-0.3, -0.25) is 4.79 Å². The Hall–Kier alpha value is -1.85. The van der Waals surface area contributed by atoms with E-state index < -0.39 is 0 Å². The summed E-state index contributed by atoms with van der Waals surface area (Å²) in [6, 6.07) is 12.4. The van der Waals surface area contributed by atoms with Crippen LogP contribution in [0.4, 0.5) is 0 Å². The predicted octanol–water partition coefficient (Wildman–Crippen LogP) is 3.90. The standard InChI is InChI=1S/C20H25NO3S/c1-23-18-7-4-16(5-8-18)6-9-20(22)21(15-19-3-2-14-25-19)17-10-12-24-13-11-17/h2-5,7-8,14,17H,6,9-13,15H2,1H3. The zero-order valence-electron chi connectivity index (χ0n) is 14.6. The van der Waals surface area contributed by atoms with E-state index in [2.05, 4.69) is 16.3 Å². The summed E-state index contributed by atoms with van der Waals surface area (Å²) in [5.41, 5.74) is 1.16. The van der Waals surface area contributed by atoms with Crippen molar-refractivity contribution in [3.05, 3.63) is 52.2 Å². The van der Waals surface area contributed by atoms with Crippen LogP contribution in [-0.4, -0.2) is 37.2 Å². The second kappa shape index (κ2) is 9.02. The molecule has 1 aromatic heterocycles. The van der Waals surface area contributed by atoms with Crippen molar-refractivity contribution in [2.45, 2.75) is 38.3 Å². The third-order valence-electron chi connectivity index (χ3n) is 4.64. The quantitative estimate of drug-likeness (QED) is 0.753. The lowest BCUT2D eigenvalue weighted by molar-refractivity contribution is -0.136. The molecule has 1 amide bonds. The summed E-state index contributed by atoms with van der Waals surface area (Å²) in [4.78, 5) is 16.2. The van der Waals surface area contributed by atoms with Gasteiger partial charge in [0.2, 0.25) is 5.91 Å². The van der Waals surface area contributed by atoms with Crippen LogP contribution in [0.25, 0.3) is 0 Å². The molecule has 0 saturated carbocycles. The number of benzene rings is 1. The molecule has 0 unspecified atom stereocenters. The Morgan fingerprint density at radius 3 is 2.64 bits per heavy atom. The number of nitrogens with zero attached hydrogens (tertiary/aromatic N) is 1. The van der Waals surface area contributed by atoms with Gasteiger partial charge in [0.15, 0.2) is 0 Å². The first-order valence-corrected chi connectivity index (χ1v) is 9.67. The van der Waals surface area contributed by atoms with Crippen molar-refractivity contribution in [1.29, 1.82) is 0 Å². The lowest BCUT2D eigenvalue weighted by Gasteiger charge is -2.34. The van der Waals surface area contributed by atoms with Crippen molar-refractivity contribution in [1.82, 2.24) is 4.90 Å². The van der Waals surface area contributed by atoms with Crippen LogP contribution in [0.1, 0.15) is 29.7 Å². The summed E-state index contributed by atoms with van der Waals surface area (Å²) in [5, 5.41) is 2.07. The molecule has 1 aromatic carbocycles. The lowest BCUT2D eigenvalue weighted by atomic mass is 10.0. The normalized spacial score (nSPS) is 15.1. The molecule has 0 bridgehead atoms. The second-order valence-corrected chi connectivity index (χ2v) is 7.32. The van der Waals surface area contributed by atoms with Gasteiger partial charge in [0.1, 0.15) is 5.75 Å². The predicted molar refractivity (Wildman–Crippen MR) is 100 cm³/mol. The number of carbonyl (C=O) groups is 1. The third-order valence-corrected chi connectivity index (χ3v) is 5.51. The molecule has 134 valence electrons. The van der Waals surface area contributed by atoms with E-state index in [1.165, 1.54) is 4.88 Å². The number of hydrogen-bond donors (Lipinski definition) is 0. The van der Waals surface area contributed by atoms with Crippen LogP contribution in [0.2, 0.25) is 0 Å². The Morgan fingerprint density at radius 1 is 1.24 bits per heavy atom. The number of rotatable bonds is 7. The fourth-order valence-electron chi connectivity index (χ4n) is 3.18. The molecule has 0 spiro atoms. The van der Waals surface area contributed by atoms with Gasteiger partial charge in [-0.2, -0.15) is 0 Å². The highest BCUT2D eigenvalue weighted by molar-refractivity contribution is 7.09. The fraction of sp³-hybridized carbons (Fsp3) is 0.450. The Labute approximate surface area is 153 Å². The average molecular weight is 359 g/mol. The molecule has 2 heterocycles. The van der Waals surface area contributed by atoms with Crippen molar-refractivity contribution >= 4 is 17.2 Å². The van der Waals surface area contributed by atoms with Crippen molar-refractivity contribution in [3.8, 4) is 5.75 Å². The monoisotopic (exact) mass is 359 g/mol. The topological polar surface area (TPSA) is 38.8 Å². The number of ether oxygens (including phenoxy) is 2. The Kier molecular flexibility index (Phi) is 6.48. The van der Waals surface area contributed by atoms with Gasteiger partial charge in [0.25, 0.3) is 0 Å². The molecule has 1 aliphatic heterocycles. The molecular weight excluding hydrogens is 334 g/mol. The lowest BCUT2D eigenvalue weighted by Crippen LogP contribution is -2.42. The first-order chi connectivity index (χ1) is 12.3. The van der Waals surface area contributed by atoms with Crippen molar-refractivity contribution in [2.24, 2.45) is 0 Å². The van der Waals surface area contributed by atoms with Gasteiger partial charge in [-0.15, -0.1) is 11.3 Å². The third kappa shape index (κ3) is 5.06. The van der Waals surface area contributed by atoms with Crippen LogP contribution in [-0.2, 0) is 22.5 Å². The van der Waals surface area contributed by atoms with Gasteiger partial charge in [-0.25, -0.2) is 0 Å². The highest BCUT2D eigenvalue weighted by atomic mass is 32.1. The largest absolute Gasteiger partial charge is 0.497 e. The summed E-state index contributed by atoms with van der Waals surface area (Å²) in [6.45, 7) is 2.21. The van der Waals surface area contributed by atoms with Gasteiger partial charge in [-0.05, 0) is 48.4 Å². The maximum absolute atomic E-state index is 12.9. The SMILES string of the molecule is COc1ccc(CCC(=O)N(Cc2cccs2)C2CCOCC2)cc1. The fourth-order valence-corrected chi connectivity index (χ4v) is 3.88. The van der Waals surface area contributed by atoms with E-state index in [-0.39, 0.29) is 5.91 Å². The average Bonchev–Trinajstić information content (AvgIpc) is 3.18. The molecule has 0 aliphatic carbocycles. The molecule has 2 aromatic rings. The summed E-state index contributed by atoms with van der Waals surface area (Å²) < 4.78 is 10.7. The molecule has 0 atom stereocenters. The molecular formula is C20H25NO3S. The maximum Gasteiger partial charge on any atom is 0.223 e. The van der Waals surface area contributed by atoms with Crippen LogP contribution < -0.4 is 4.74 Å². The van der Waals surface area contributed by atoms with E-state index in [0.717, 1.165) is 43.8 Å². The van der Waals surface area contributed by atoms with E-state index in [0.29, 0.717) is 19.0 Å².